The van der Waals surface area contributed by atoms with Crippen LogP contribution in [-0.2, 0) is 4.79 Å². The van der Waals surface area contributed by atoms with Gasteiger partial charge in [-0.3, -0.25) is 9.59 Å². The summed E-state index contributed by atoms with van der Waals surface area (Å²) in [7, 11) is 0. The van der Waals surface area contributed by atoms with E-state index in [0.717, 1.165) is 23.3 Å². The van der Waals surface area contributed by atoms with Gasteiger partial charge in [-0.25, -0.2) is 0 Å². The van der Waals surface area contributed by atoms with Crippen LogP contribution in [0, 0.1) is 0 Å². The summed E-state index contributed by atoms with van der Waals surface area (Å²) in [5.74, 6) is 0.785. The molecule has 1 N–H and O–H groups in total. The van der Waals surface area contributed by atoms with Crippen LogP contribution in [0.25, 0.3) is 17.0 Å². The molecule has 0 saturated heterocycles. The summed E-state index contributed by atoms with van der Waals surface area (Å²) < 4.78 is 0. The zero-order chi connectivity index (χ0) is 13.7. The molecule has 19 heavy (non-hydrogen) atoms. The van der Waals surface area contributed by atoms with Gasteiger partial charge in [0.15, 0.2) is 10.5 Å². The summed E-state index contributed by atoms with van der Waals surface area (Å²) in [4.78, 5) is 25.6. The maximum Gasteiger partial charge on any atom is 0.189 e. The molecule has 2 rings (SSSR count). The van der Waals surface area contributed by atoms with Crippen LogP contribution < -0.4 is 5.43 Å². The summed E-state index contributed by atoms with van der Waals surface area (Å²) in [6.45, 7) is 1.57. The Balaban J connectivity index is 2.17. The van der Waals surface area contributed by atoms with Crippen LogP contribution in [0.1, 0.15) is 18.9 Å². The van der Waals surface area contributed by atoms with Gasteiger partial charge in [0.1, 0.15) is 0 Å². The zero-order valence-corrected chi connectivity index (χ0v) is 11.5. The molecule has 0 spiro atoms. The number of rotatable bonds is 4. The maximum atomic E-state index is 11.7. The number of hydrogen-bond donors (Lipinski definition) is 1. The lowest BCUT2D eigenvalue weighted by Gasteiger charge is -2.01. The van der Waals surface area contributed by atoms with Crippen LogP contribution >= 0.6 is 11.8 Å². The Morgan fingerprint density at radius 1 is 1.37 bits per heavy atom. The van der Waals surface area contributed by atoms with E-state index >= 15 is 0 Å². The van der Waals surface area contributed by atoms with E-state index in [0.29, 0.717) is 5.39 Å². The molecule has 1 heterocycles. The molecule has 0 aliphatic carbocycles. The first-order valence-electron chi connectivity index (χ1n) is 6.09. The van der Waals surface area contributed by atoms with Crippen molar-refractivity contribution in [3.05, 3.63) is 52.3 Å². The predicted molar refractivity (Wildman–Crippen MR) is 81.4 cm³/mol. The molecule has 0 aliphatic rings. The van der Waals surface area contributed by atoms with Crippen molar-refractivity contribution in [3.63, 3.8) is 0 Å². The van der Waals surface area contributed by atoms with E-state index in [4.69, 9.17) is 0 Å². The van der Waals surface area contributed by atoms with Crippen molar-refractivity contribution in [2.45, 2.75) is 13.3 Å². The van der Waals surface area contributed by atoms with Crippen molar-refractivity contribution < 1.29 is 4.79 Å². The number of allylic oxidation sites excluding steroid dienone is 1. The molecule has 0 saturated carbocycles. The van der Waals surface area contributed by atoms with E-state index in [1.807, 2.05) is 30.4 Å². The third-order valence-electron chi connectivity index (χ3n) is 2.71. The van der Waals surface area contributed by atoms with Crippen LogP contribution in [0.4, 0.5) is 0 Å². The van der Waals surface area contributed by atoms with Gasteiger partial charge >= 0.3 is 0 Å². The molecule has 4 heteroatoms. The first-order valence-corrected chi connectivity index (χ1v) is 7.07. The van der Waals surface area contributed by atoms with Crippen LogP contribution in [0.2, 0.25) is 0 Å². The van der Waals surface area contributed by atoms with Crippen molar-refractivity contribution in [1.29, 1.82) is 0 Å². The number of fused-ring (bicyclic) bond motifs is 1. The van der Waals surface area contributed by atoms with Gasteiger partial charge in [0, 0.05) is 30.3 Å². The minimum absolute atomic E-state index is 0.0242. The number of benzene rings is 1. The topological polar surface area (TPSA) is 49.9 Å². The highest BCUT2D eigenvalue weighted by Gasteiger charge is 2.00. The van der Waals surface area contributed by atoms with E-state index < -0.39 is 0 Å². The van der Waals surface area contributed by atoms with Gasteiger partial charge in [0.05, 0.1) is 5.52 Å². The molecule has 0 fully saturated rings. The van der Waals surface area contributed by atoms with E-state index in [9.17, 15) is 9.59 Å². The smallest absolute Gasteiger partial charge is 0.189 e. The minimum Gasteiger partial charge on any atom is -0.360 e. The first-order chi connectivity index (χ1) is 9.18. The van der Waals surface area contributed by atoms with E-state index in [-0.39, 0.29) is 10.5 Å². The van der Waals surface area contributed by atoms with Crippen molar-refractivity contribution in [2.75, 3.05) is 5.75 Å². The van der Waals surface area contributed by atoms with E-state index in [1.165, 1.54) is 17.8 Å². The second-order valence-electron chi connectivity index (χ2n) is 4.14. The molecule has 98 valence electrons. The number of H-pyrrole nitrogens is 1. The Morgan fingerprint density at radius 3 is 3.00 bits per heavy atom. The predicted octanol–water partition coefficient (Wildman–Crippen LogP) is 3.21. The van der Waals surface area contributed by atoms with Gasteiger partial charge in [0.2, 0.25) is 0 Å². The van der Waals surface area contributed by atoms with Crippen molar-refractivity contribution in [3.8, 4) is 0 Å². The zero-order valence-electron chi connectivity index (χ0n) is 10.7. The monoisotopic (exact) mass is 273 g/mol. The number of hydrogen-bond acceptors (Lipinski definition) is 3. The molecule has 0 atom stereocenters. The molecule has 0 aliphatic heterocycles. The summed E-state index contributed by atoms with van der Waals surface area (Å²) >= 11 is 1.32. The molecule has 1 aromatic heterocycles. The lowest BCUT2D eigenvalue weighted by molar-refractivity contribution is -0.109. The van der Waals surface area contributed by atoms with Crippen LogP contribution in [0.15, 0.2) is 41.3 Å². The van der Waals surface area contributed by atoms with Crippen molar-refractivity contribution in [2.24, 2.45) is 0 Å². The Hall–Kier alpha value is -1.81. The summed E-state index contributed by atoms with van der Waals surface area (Å²) in [6, 6.07) is 7.19. The third-order valence-corrected chi connectivity index (χ3v) is 3.56. The Kier molecular flexibility index (Phi) is 4.58. The highest BCUT2D eigenvalue weighted by atomic mass is 32.2. The quantitative estimate of drug-likeness (QED) is 0.870. The standard InChI is InChI=1S/C15H15NO2S/c1-11(17)19-10-3-2-5-12-6-4-7-13-14(18)8-9-16-15(12)13/h2,4-9H,3,10H2,1H3,(H,16,18). The van der Waals surface area contributed by atoms with E-state index in [1.54, 1.807) is 13.1 Å². The average molecular weight is 273 g/mol. The fraction of sp³-hybridized carbons (Fsp3) is 0.200. The second kappa shape index (κ2) is 6.38. The minimum atomic E-state index is 0.0242. The SMILES string of the molecule is CC(=O)SCCC=Cc1cccc2c(=O)cc[nH]c12. The number of carbonyl (C=O) groups is 1. The molecule has 0 amide bonds. The number of para-hydroxylation sites is 1. The first kappa shape index (κ1) is 13.6. The summed E-state index contributed by atoms with van der Waals surface area (Å²) in [6.07, 6.45) is 6.50. The highest BCUT2D eigenvalue weighted by molar-refractivity contribution is 8.13. The Morgan fingerprint density at radius 2 is 2.21 bits per heavy atom. The normalized spacial score (nSPS) is 11.2. The Bertz CT molecular complexity index is 673. The molecule has 0 unspecified atom stereocenters. The van der Waals surface area contributed by atoms with Gasteiger partial charge in [-0.1, -0.05) is 36.0 Å². The number of aromatic amines is 1. The number of aromatic nitrogens is 1. The third kappa shape index (κ3) is 3.58. The van der Waals surface area contributed by atoms with Gasteiger partial charge in [-0.05, 0) is 18.1 Å². The van der Waals surface area contributed by atoms with E-state index in [2.05, 4.69) is 4.98 Å². The molecule has 3 nitrogen and oxygen atoms in total. The fourth-order valence-corrected chi connectivity index (χ4v) is 2.39. The van der Waals surface area contributed by atoms with Gasteiger partial charge in [-0.2, -0.15) is 0 Å². The van der Waals surface area contributed by atoms with Crippen LogP contribution in [-0.4, -0.2) is 15.9 Å². The molecule has 2 aromatic rings. The second-order valence-corrected chi connectivity index (χ2v) is 5.41. The largest absolute Gasteiger partial charge is 0.360 e. The number of carbonyl (C=O) groups excluding carboxylic acids is 1. The number of nitrogens with one attached hydrogen (secondary N) is 1. The number of thioether (sulfide) groups is 1. The Labute approximate surface area is 115 Å². The molecular formula is C15H15NO2S. The summed E-state index contributed by atoms with van der Waals surface area (Å²) in [5.41, 5.74) is 1.87. The molecular weight excluding hydrogens is 258 g/mol. The van der Waals surface area contributed by atoms with Crippen LogP contribution in [0.5, 0.6) is 0 Å². The lowest BCUT2D eigenvalue weighted by Crippen LogP contribution is -2.00. The van der Waals surface area contributed by atoms with Gasteiger partial charge in [-0.15, -0.1) is 0 Å². The number of pyridine rings is 1. The van der Waals surface area contributed by atoms with Gasteiger partial charge < -0.3 is 4.98 Å². The molecule has 1 aromatic carbocycles. The lowest BCUT2D eigenvalue weighted by atomic mass is 10.1. The highest BCUT2D eigenvalue weighted by Crippen LogP contribution is 2.15. The molecule has 0 radical (unpaired) electrons. The van der Waals surface area contributed by atoms with Gasteiger partial charge in [0.25, 0.3) is 0 Å². The van der Waals surface area contributed by atoms with Crippen molar-refractivity contribution >= 4 is 33.9 Å². The summed E-state index contributed by atoms with van der Waals surface area (Å²) in [5, 5.41) is 0.839. The molecule has 0 bridgehead atoms. The fourth-order valence-electron chi connectivity index (χ4n) is 1.85. The maximum absolute atomic E-state index is 11.7. The van der Waals surface area contributed by atoms with Crippen molar-refractivity contribution in [1.82, 2.24) is 4.98 Å². The average Bonchev–Trinajstić information content (AvgIpc) is 2.39. The van der Waals surface area contributed by atoms with Crippen LogP contribution in [0.3, 0.4) is 0 Å².